The molecule has 0 spiro atoms. The van der Waals surface area contributed by atoms with Gasteiger partial charge < -0.3 is 10.1 Å². The first-order valence-electron chi connectivity index (χ1n) is 6.65. The maximum Gasteiger partial charge on any atom is 0.126 e. The number of piperazine rings is 1. The molecule has 1 aliphatic heterocycles. The molecule has 1 aromatic rings. The van der Waals surface area contributed by atoms with Crippen LogP contribution in [-0.2, 0) is 0 Å². The predicted octanol–water partition coefficient (Wildman–Crippen LogP) is 2.78. The summed E-state index contributed by atoms with van der Waals surface area (Å²) in [5.41, 5.74) is 1.03. The third-order valence-electron chi connectivity index (χ3n) is 3.54. The van der Waals surface area contributed by atoms with Gasteiger partial charge in [-0.05, 0) is 12.5 Å². The fourth-order valence-corrected chi connectivity index (χ4v) is 2.58. The largest absolute Gasteiger partial charge is 0.496 e. The summed E-state index contributed by atoms with van der Waals surface area (Å²) in [6.07, 6.45) is 2.75. The molecule has 0 aliphatic carbocycles. The minimum Gasteiger partial charge on any atom is -0.496 e. The van der Waals surface area contributed by atoms with Crippen molar-refractivity contribution in [2.45, 2.75) is 12.5 Å². The molecule has 5 heteroatoms. The highest BCUT2D eigenvalue weighted by Gasteiger charge is 2.23. The maximum absolute atomic E-state index is 13.3. The highest BCUT2D eigenvalue weighted by Crippen LogP contribution is 2.32. The second kappa shape index (κ2) is 8.25. The van der Waals surface area contributed by atoms with E-state index in [4.69, 9.17) is 4.74 Å². The van der Waals surface area contributed by atoms with Crippen molar-refractivity contribution in [3.05, 3.63) is 42.2 Å². The number of methoxy groups -OCH3 is 1. The summed E-state index contributed by atoms with van der Waals surface area (Å²) in [7, 11) is 1.58. The van der Waals surface area contributed by atoms with Crippen molar-refractivity contribution in [2.24, 2.45) is 0 Å². The van der Waals surface area contributed by atoms with E-state index in [2.05, 4.69) is 16.8 Å². The average molecular weight is 301 g/mol. The van der Waals surface area contributed by atoms with Crippen molar-refractivity contribution in [3.8, 4) is 5.75 Å². The molecule has 1 heterocycles. The van der Waals surface area contributed by atoms with Crippen LogP contribution in [-0.4, -0.2) is 38.2 Å². The van der Waals surface area contributed by atoms with Crippen LogP contribution in [0.4, 0.5) is 4.39 Å². The van der Waals surface area contributed by atoms with Crippen LogP contribution in [0.2, 0.25) is 0 Å². The van der Waals surface area contributed by atoms with Gasteiger partial charge in [0.2, 0.25) is 0 Å². The Morgan fingerprint density at radius 1 is 1.45 bits per heavy atom. The Labute approximate surface area is 126 Å². The van der Waals surface area contributed by atoms with Crippen LogP contribution in [0, 0.1) is 5.82 Å². The van der Waals surface area contributed by atoms with Crippen LogP contribution < -0.4 is 10.1 Å². The number of benzene rings is 1. The van der Waals surface area contributed by atoms with E-state index in [0.29, 0.717) is 5.75 Å². The summed E-state index contributed by atoms with van der Waals surface area (Å²) in [5, 5.41) is 3.34. The third-order valence-corrected chi connectivity index (χ3v) is 3.54. The number of hydrogen-bond donors (Lipinski definition) is 1. The zero-order valence-corrected chi connectivity index (χ0v) is 12.6. The number of nitrogens with one attached hydrogen (secondary N) is 1. The van der Waals surface area contributed by atoms with Crippen molar-refractivity contribution in [3.63, 3.8) is 0 Å². The lowest BCUT2D eigenvalue weighted by atomic mass is 10.00. The standard InChI is InChI=1S/C15H21FN2O.ClH/c1-3-4-14(18-9-7-17-8-10-18)13-6-5-12(16)11-15(13)19-2;/h3,5-6,11,14,17H,1,4,7-10H2,2H3;1H/t14-;/m0./s1. The van der Waals surface area contributed by atoms with Gasteiger partial charge in [-0.1, -0.05) is 12.1 Å². The minimum absolute atomic E-state index is 0. The van der Waals surface area contributed by atoms with Crippen LogP contribution in [0.25, 0.3) is 0 Å². The van der Waals surface area contributed by atoms with E-state index in [9.17, 15) is 4.39 Å². The van der Waals surface area contributed by atoms with E-state index in [-0.39, 0.29) is 24.3 Å². The van der Waals surface area contributed by atoms with Crippen molar-refractivity contribution in [1.29, 1.82) is 0 Å². The molecule has 1 fully saturated rings. The molecule has 0 bridgehead atoms. The number of hydrogen-bond acceptors (Lipinski definition) is 3. The highest BCUT2D eigenvalue weighted by molar-refractivity contribution is 5.85. The molecule has 1 N–H and O–H groups in total. The smallest absolute Gasteiger partial charge is 0.126 e. The van der Waals surface area contributed by atoms with Gasteiger partial charge >= 0.3 is 0 Å². The molecule has 20 heavy (non-hydrogen) atoms. The highest BCUT2D eigenvalue weighted by atomic mass is 35.5. The number of nitrogens with zero attached hydrogens (tertiary/aromatic N) is 1. The first-order valence-corrected chi connectivity index (χ1v) is 6.65. The van der Waals surface area contributed by atoms with Crippen LogP contribution in [0.1, 0.15) is 18.0 Å². The zero-order chi connectivity index (χ0) is 13.7. The Morgan fingerprint density at radius 2 is 2.15 bits per heavy atom. The monoisotopic (exact) mass is 300 g/mol. The van der Waals surface area contributed by atoms with Gasteiger partial charge in [0.15, 0.2) is 0 Å². The maximum atomic E-state index is 13.3. The Hall–Kier alpha value is -1.10. The number of halogens is 2. The summed E-state index contributed by atoms with van der Waals surface area (Å²) in [6.45, 7) is 7.77. The van der Waals surface area contributed by atoms with Gasteiger partial charge in [0, 0.05) is 43.9 Å². The topological polar surface area (TPSA) is 24.5 Å². The van der Waals surface area contributed by atoms with Crippen LogP contribution >= 0.6 is 12.4 Å². The first kappa shape index (κ1) is 17.0. The Morgan fingerprint density at radius 3 is 2.75 bits per heavy atom. The van der Waals surface area contributed by atoms with Crippen LogP contribution in [0.3, 0.4) is 0 Å². The van der Waals surface area contributed by atoms with E-state index in [1.54, 1.807) is 7.11 Å². The van der Waals surface area contributed by atoms with Crippen molar-refractivity contribution < 1.29 is 9.13 Å². The lowest BCUT2D eigenvalue weighted by molar-refractivity contribution is 0.171. The van der Waals surface area contributed by atoms with Gasteiger partial charge in [-0.3, -0.25) is 4.90 Å². The third kappa shape index (κ3) is 3.95. The van der Waals surface area contributed by atoms with Crippen LogP contribution in [0.15, 0.2) is 30.9 Å². The van der Waals surface area contributed by atoms with E-state index < -0.39 is 0 Å². The Bertz CT molecular complexity index is 436. The average Bonchev–Trinajstić information content (AvgIpc) is 2.46. The van der Waals surface area contributed by atoms with E-state index >= 15 is 0 Å². The molecule has 0 radical (unpaired) electrons. The molecular weight excluding hydrogens is 279 g/mol. The minimum atomic E-state index is -0.265. The molecule has 0 unspecified atom stereocenters. The molecule has 1 aliphatic rings. The van der Waals surface area contributed by atoms with Crippen molar-refractivity contribution in [2.75, 3.05) is 33.3 Å². The first-order chi connectivity index (χ1) is 9.26. The summed E-state index contributed by atoms with van der Waals surface area (Å²) in [6, 6.07) is 4.98. The lowest BCUT2D eigenvalue weighted by Gasteiger charge is -2.35. The summed E-state index contributed by atoms with van der Waals surface area (Å²) in [4.78, 5) is 2.40. The Kier molecular flexibility index (Phi) is 6.99. The molecule has 0 aromatic heterocycles. The van der Waals surface area contributed by atoms with Gasteiger partial charge in [0.25, 0.3) is 0 Å². The van der Waals surface area contributed by atoms with Crippen LogP contribution in [0.5, 0.6) is 5.75 Å². The van der Waals surface area contributed by atoms with E-state index in [1.165, 1.54) is 12.1 Å². The lowest BCUT2D eigenvalue weighted by Crippen LogP contribution is -2.45. The quantitative estimate of drug-likeness (QED) is 0.846. The molecule has 1 aromatic carbocycles. The zero-order valence-electron chi connectivity index (χ0n) is 11.8. The molecule has 3 nitrogen and oxygen atoms in total. The molecular formula is C15H22ClFN2O. The Balaban J connectivity index is 0.00000200. The second-order valence-electron chi connectivity index (χ2n) is 4.71. The van der Waals surface area contributed by atoms with Crippen molar-refractivity contribution >= 4 is 12.4 Å². The van der Waals surface area contributed by atoms with E-state index in [1.807, 2.05) is 12.1 Å². The number of ether oxygens (including phenoxy) is 1. The molecule has 1 saturated heterocycles. The van der Waals surface area contributed by atoms with Gasteiger partial charge in [-0.15, -0.1) is 19.0 Å². The molecule has 1 atom stereocenters. The SMILES string of the molecule is C=CC[C@@H](c1ccc(F)cc1OC)N1CCNCC1.Cl. The second-order valence-corrected chi connectivity index (χ2v) is 4.71. The van der Waals surface area contributed by atoms with Gasteiger partial charge in [0.1, 0.15) is 11.6 Å². The molecule has 112 valence electrons. The van der Waals surface area contributed by atoms with Gasteiger partial charge in [-0.2, -0.15) is 0 Å². The fourth-order valence-electron chi connectivity index (χ4n) is 2.58. The molecule has 2 rings (SSSR count). The number of rotatable bonds is 5. The van der Waals surface area contributed by atoms with E-state index in [0.717, 1.165) is 38.2 Å². The summed E-state index contributed by atoms with van der Waals surface area (Å²) < 4.78 is 18.6. The molecule has 0 saturated carbocycles. The molecule has 0 amide bonds. The fraction of sp³-hybridized carbons (Fsp3) is 0.467. The van der Waals surface area contributed by atoms with Gasteiger partial charge in [-0.25, -0.2) is 4.39 Å². The normalized spacial score (nSPS) is 17.1. The summed E-state index contributed by atoms with van der Waals surface area (Å²) >= 11 is 0. The predicted molar refractivity (Wildman–Crippen MR) is 82.2 cm³/mol. The summed E-state index contributed by atoms with van der Waals surface area (Å²) in [5.74, 6) is 0.351. The van der Waals surface area contributed by atoms with Crippen molar-refractivity contribution in [1.82, 2.24) is 10.2 Å². The van der Waals surface area contributed by atoms with Gasteiger partial charge in [0.05, 0.1) is 7.11 Å².